The van der Waals surface area contributed by atoms with Crippen LogP contribution in [0.3, 0.4) is 0 Å². The molecule has 0 saturated carbocycles. The van der Waals surface area contributed by atoms with Crippen LogP contribution in [0.4, 0.5) is 5.69 Å². The summed E-state index contributed by atoms with van der Waals surface area (Å²) >= 11 is 0. The molecule has 1 fully saturated rings. The van der Waals surface area contributed by atoms with Gasteiger partial charge in [-0.15, -0.1) is 0 Å². The van der Waals surface area contributed by atoms with Gasteiger partial charge >= 0.3 is 0 Å². The van der Waals surface area contributed by atoms with Gasteiger partial charge in [-0.1, -0.05) is 35.0 Å². The van der Waals surface area contributed by atoms with E-state index in [9.17, 15) is 9.59 Å². The minimum absolute atomic E-state index is 0.00848. The minimum Gasteiger partial charge on any atom is -0.373 e. The molecule has 30 heavy (non-hydrogen) atoms. The first-order valence-electron chi connectivity index (χ1n) is 9.85. The van der Waals surface area contributed by atoms with Crippen molar-refractivity contribution in [3.63, 3.8) is 0 Å². The van der Waals surface area contributed by atoms with Crippen LogP contribution in [0.2, 0.25) is 0 Å². The SMILES string of the molecule is Cc1ccc([C@H]2C[C@H](c3noc(Cn4cnc5c(c4=O)N(C)C(=O)C5)n3)CO2)cc1. The van der Waals surface area contributed by atoms with Crippen LogP contribution in [0.25, 0.3) is 0 Å². The molecule has 2 aromatic heterocycles. The van der Waals surface area contributed by atoms with Gasteiger partial charge in [0.1, 0.15) is 12.2 Å². The van der Waals surface area contributed by atoms with Crippen LogP contribution in [0.1, 0.15) is 47.0 Å². The average molecular weight is 407 g/mol. The van der Waals surface area contributed by atoms with Crippen molar-refractivity contribution in [2.24, 2.45) is 0 Å². The summed E-state index contributed by atoms with van der Waals surface area (Å²) in [7, 11) is 1.58. The van der Waals surface area contributed by atoms with E-state index >= 15 is 0 Å². The van der Waals surface area contributed by atoms with Crippen LogP contribution in [0.15, 0.2) is 39.9 Å². The fraction of sp³-hybridized carbons (Fsp3) is 0.381. The molecule has 4 heterocycles. The maximum absolute atomic E-state index is 12.7. The Hall–Kier alpha value is -3.33. The van der Waals surface area contributed by atoms with Crippen molar-refractivity contribution in [1.29, 1.82) is 0 Å². The van der Waals surface area contributed by atoms with Crippen LogP contribution in [0.5, 0.6) is 0 Å². The van der Waals surface area contributed by atoms with E-state index in [1.807, 2.05) is 0 Å². The Labute approximate surface area is 172 Å². The second-order valence-electron chi connectivity index (χ2n) is 7.81. The van der Waals surface area contributed by atoms with Gasteiger partial charge < -0.3 is 14.2 Å². The molecule has 2 atom stereocenters. The molecule has 0 aliphatic carbocycles. The van der Waals surface area contributed by atoms with E-state index in [4.69, 9.17) is 9.26 Å². The van der Waals surface area contributed by atoms with E-state index in [1.165, 1.54) is 21.4 Å². The molecule has 2 aliphatic heterocycles. The molecule has 9 heteroatoms. The second kappa shape index (κ2) is 7.17. The lowest BCUT2D eigenvalue weighted by Crippen LogP contribution is -2.30. The van der Waals surface area contributed by atoms with Crippen LogP contribution in [-0.4, -0.2) is 39.3 Å². The lowest BCUT2D eigenvalue weighted by molar-refractivity contribution is -0.117. The Kier molecular flexibility index (Phi) is 4.47. The molecule has 154 valence electrons. The van der Waals surface area contributed by atoms with Crippen molar-refractivity contribution in [3.05, 3.63) is 69.5 Å². The van der Waals surface area contributed by atoms with Gasteiger partial charge in [-0.05, 0) is 18.9 Å². The summed E-state index contributed by atoms with van der Waals surface area (Å²) in [5.41, 5.74) is 2.87. The average Bonchev–Trinajstić information content (AvgIpc) is 3.45. The molecule has 0 spiro atoms. The molecule has 0 bridgehead atoms. The number of carbonyl (C=O) groups is 1. The zero-order chi connectivity index (χ0) is 20.8. The molecule has 0 N–H and O–H groups in total. The zero-order valence-electron chi connectivity index (χ0n) is 16.7. The number of amides is 1. The molecule has 9 nitrogen and oxygen atoms in total. The number of ether oxygens (including phenoxy) is 1. The lowest BCUT2D eigenvalue weighted by Gasteiger charge is -2.10. The maximum Gasteiger partial charge on any atom is 0.278 e. The molecule has 0 unspecified atom stereocenters. The Morgan fingerprint density at radius 2 is 2.00 bits per heavy atom. The summed E-state index contributed by atoms with van der Waals surface area (Å²) in [4.78, 5) is 34.6. The van der Waals surface area contributed by atoms with E-state index in [-0.39, 0.29) is 36.5 Å². The third-order valence-corrected chi connectivity index (χ3v) is 5.72. The Bertz CT molecular complexity index is 1170. The third-order valence-electron chi connectivity index (χ3n) is 5.72. The summed E-state index contributed by atoms with van der Waals surface area (Å²) in [6, 6.07) is 8.32. The topological polar surface area (TPSA) is 103 Å². The summed E-state index contributed by atoms with van der Waals surface area (Å²) in [5.74, 6) is 0.790. The highest BCUT2D eigenvalue weighted by Gasteiger charge is 2.32. The lowest BCUT2D eigenvalue weighted by atomic mass is 9.99. The summed E-state index contributed by atoms with van der Waals surface area (Å²) in [6.07, 6.45) is 2.35. The fourth-order valence-electron chi connectivity index (χ4n) is 3.94. The molecule has 0 radical (unpaired) electrons. The van der Waals surface area contributed by atoms with E-state index in [2.05, 4.69) is 46.3 Å². The van der Waals surface area contributed by atoms with Crippen molar-refractivity contribution < 1.29 is 14.1 Å². The largest absolute Gasteiger partial charge is 0.373 e. The smallest absolute Gasteiger partial charge is 0.278 e. The minimum atomic E-state index is -0.295. The van der Waals surface area contributed by atoms with E-state index < -0.39 is 0 Å². The summed E-state index contributed by atoms with van der Waals surface area (Å²) < 4.78 is 12.7. The molecule has 3 aromatic rings. The van der Waals surface area contributed by atoms with Gasteiger partial charge in [0, 0.05) is 13.0 Å². The first-order chi connectivity index (χ1) is 14.5. The molecule has 1 amide bonds. The molecular weight excluding hydrogens is 386 g/mol. The molecule has 2 aliphatic rings. The first kappa shape index (κ1) is 18.7. The standard InChI is InChI=1S/C21H21N5O4/c1-12-3-5-13(6-4-12)16-7-14(10-29-16)20-23-17(30-24-20)9-26-11-22-15-8-18(27)25(2)19(15)21(26)28/h3-6,11,14,16H,7-10H2,1-2H3/t14-,16+/m0/s1. The van der Waals surface area contributed by atoms with Gasteiger partial charge in [0.15, 0.2) is 5.82 Å². The molecule has 5 rings (SSSR count). The van der Waals surface area contributed by atoms with E-state index in [1.54, 1.807) is 7.05 Å². The highest BCUT2D eigenvalue weighted by Crippen LogP contribution is 2.37. The summed E-state index contributed by atoms with van der Waals surface area (Å²) in [5, 5.41) is 4.10. The molecular formula is C21H21N5O4. The number of fused-ring (bicyclic) bond motifs is 1. The predicted molar refractivity (Wildman–Crippen MR) is 106 cm³/mol. The predicted octanol–water partition coefficient (Wildman–Crippen LogP) is 1.75. The number of nitrogens with zero attached hydrogens (tertiary/aromatic N) is 5. The third kappa shape index (κ3) is 3.21. The quantitative estimate of drug-likeness (QED) is 0.649. The highest BCUT2D eigenvalue weighted by molar-refractivity contribution is 5.99. The van der Waals surface area contributed by atoms with Crippen molar-refractivity contribution in [2.45, 2.75) is 38.3 Å². The van der Waals surface area contributed by atoms with Gasteiger partial charge in [-0.2, -0.15) is 4.98 Å². The van der Waals surface area contributed by atoms with Crippen molar-refractivity contribution in [1.82, 2.24) is 19.7 Å². The van der Waals surface area contributed by atoms with Gasteiger partial charge in [-0.25, -0.2) is 4.98 Å². The maximum atomic E-state index is 12.7. The number of hydrogen-bond donors (Lipinski definition) is 0. The number of carbonyl (C=O) groups excluding carboxylic acids is 1. The number of aromatic nitrogens is 4. The first-order valence-corrected chi connectivity index (χ1v) is 9.85. The molecule has 1 saturated heterocycles. The number of hydrogen-bond acceptors (Lipinski definition) is 7. The highest BCUT2D eigenvalue weighted by atomic mass is 16.5. The summed E-state index contributed by atoms with van der Waals surface area (Å²) in [6.45, 7) is 2.68. The Morgan fingerprint density at radius 1 is 1.20 bits per heavy atom. The Morgan fingerprint density at radius 3 is 2.80 bits per heavy atom. The number of likely N-dealkylation sites (N-methyl/N-ethyl adjacent to an activating group) is 1. The van der Waals surface area contributed by atoms with Crippen LogP contribution < -0.4 is 10.5 Å². The number of anilines is 1. The van der Waals surface area contributed by atoms with Crippen molar-refractivity contribution >= 4 is 11.6 Å². The van der Waals surface area contributed by atoms with E-state index in [0.717, 1.165) is 12.0 Å². The van der Waals surface area contributed by atoms with Crippen LogP contribution >= 0.6 is 0 Å². The molecule has 1 aromatic carbocycles. The number of rotatable bonds is 4. The van der Waals surface area contributed by atoms with Crippen LogP contribution in [-0.2, 0) is 22.5 Å². The van der Waals surface area contributed by atoms with Gasteiger partial charge in [-0.3, -0.25) is 14.2 Å². The zero-order valence-corrected chi connectivity index (χ0v) is 16.7. The van der Waals surface area contributed by atoms with Crippen LogP contribution in [0, 0.1) is 6.92 Å². The number of aryl methyl sites for hydroxylation is 1. The Balaban J connectivity index is 1.31. The fourth-order valence-corrected chi connectivity index (χ4v) is 3.94. The second-order valence-corrected chi connectivity index (χ2v) is 7.81. The van der Waals surface area contributed by atoms with E-state index in [0.29, 0.717) is 29.7 Å². The van der Waals surface area contributed by atoms with Gasteiger partial charge in [0.05, 0.1) is 31.2 Å². The monoisotopic (exact) mass is 407 g/mol. The van der Waals surface area contributed by atoms with Gasteiger partial charge in [0.2, 0.25) is 11.8 Å². The number of benzene rings is 1. The van der Waals surface area contributed by atoms with Crippen molar-refractivity contribution in [3.8, 4) is 0 Å². The van der Waals surface area contributed by atoms with Gasteiger partial charge in [0.25, 0.3) is 5.56 Å². The van der Waals surface area contributed by atoms with Crippen molar-refractivity contribution in [2.75, 3.05) is 18.6 Å². The normalized spacial score (nSPS) is 20.7.